The molecule has 0 radical (unpaired) electrons. The first-order valence-corrected chi connectivity index (χ1v) is 7.56. The van der Waals surface area contributed by atoms with Crippen LogP contribution in [0.1, 0.15) is 24.1 Å². The minimum atomic E-state index is 0.237. The number of hydrogen-bond acceptors (Lipinski definition) is 3. The number of rotatable bonds is 6. The van der Waals surface area contributed by atoms with Gasteiger partial charge in [-0.05, 0) is 59.1 Å². The topological polar surface area (TPSA) is 48.1 Å². The van der Waals surface area contributed by atoms with Crippen LogP contribution in [0.5, 0.6) is 5.75 Å². The van der Waals surface area contributed by atoms with Gasteiger partial charge in [-0.2, -0.15) is 0 Å². The molecule has 1 aromatic carbocycles. The first-order valence-electron chi connectivity index (χ1n) is 6.76. The minimum absolute atomic E-state index is 0.237. The predicted octanol–water partition coefficient (Wildman–Crippen LogP) is 3.53. The van der Waals surface area contributed by atoms with Gasteiger partial charge in [0.15, 0.2) is 0 Å². The first-order chi connectivity index (χ1) is 9.74. The number of nitrogens with two attached hydrogens (primary N) is 1. The van der Waals surface area contributed by atoms with Gasteiger partial charge in [0.1, 0.15) is 5.75 Å². The molecular weight excluding hydrogens is 316 g/mol. The summed E-state index contributed by atoms with van der Waals surface area (Å²) in [6.07, 6.45) is 2.69. The molecule has 0 fully saturated rings. The van der Waals surface area contributed by atoms with Crippen LogP contribution >= 0.6 is 15.9 Å². The molecule has 0 bridgehead atoms. The number of aromatic nitrogens is 1. The third kappa shape index (κ3) is 3.81. The highest BCUT2D eigenvalue weighted by atomic mass is 79.9. The van der Waals surface area contributed by atoms with E-state index in [1.807, 2.05) is 37.4 Å². The van der Waals surface area contributed by atoms with E-state index in [2.05, 4.69) is 33.0 Å². The predicted molar refractivity (Wildman–Crippen MR) is 85.0 cm³/mol. The Morgan fingerprint density at radius 3 is 2.75 bits per heavy atom. The molecule has 0 saturated carbocycles. The molecule has 20 heavy (non-hydrogen) atoms. The van der Waals surface area contributed by atoms with Crippen LogP contribution in [-0.2, 0) is 6.42 Å². The molecule has 0 aliphatic rings. The Bertz CT molecular complexity index is 545. The fraction of sp³-hybridized carbons (Fsp3) is 0.312. The van der Waals surface area contributed by atoms with Gasteiger partial charge in [-0.3, -0.25) is 4.98 Å². The quantitative estimate of drug-likeness (QED) is 0.879. The minimum Gasteiger partial charge on any atom is -0.493 e. The third-order valence-electron chi connectivity index (χ3n) is 3.17. The van der Waals surface area contributed by atoms with Crippen LogP contribution in [0.15, 0.2) is 47.1 Å². The van der Waals surface area contributed by atoms with Crippen LogP contribution in [0.25, 0.3) is 0 Å². The fourth-order valence-corrected chi connectivity index (χ4v) is 2.70. The van der Waals surface area contributed by atoms with Crippen LogP contribution in [0.2, 0.25) is 0 Å². The number of hydrogen-bond donors (Lipinski definition) is 1. The Labute approximate surface area is 128 Å². The van der Waals surface area contributed by atoms with Crippen molar-refractivity contribution in [3.63, 3.8) is 0 Å². The maximum atomic E-state index is 5.89. The summed E-state index contributed by atoms with van der Waals surface area (Å²) >= 11 is 3.54. The SMILES string of the molecule is CCOc1ccc(CC(CN)c2ccccn2)cc1Br. The lowest BCUT2D eigenvalue weighted by molar-refractivity contribution is 0.338. The van der Waals surface area contributed by atoms with E-state index in [1.54, 1.807) is 0 Å². The second kappa shape index (κ2) is 7.41. The summed E-state index contributed by atoms with van der Waals surface area (Å²) in [4.78, 5) is 4.40. The summed E-state index contributed by atoms with van der Waals surface area (Å²) in [7, 11) is 0. The van der Waals surface area contributed by atoms with Crippen molar-refractivity contribution in [1.29, 1.82) is 0 Å². The average molecular weight is 335 g/mol. The number of halogens is 1. The lowest BCUT2D eigenvalue weighted by atomic mass is 9.96. The van der Waals surface area contributed by atoms with Gasteiger partial charge < -0.3 is 10.5 Å². The van der Waals surface area contributed by atoms with Crippen molar-refractivity contribution in [2.45, 2.75) is 19.3 Å². The number of nitrogens with zero attached hydrogens (tertiary/aromatic N) is 1. The highest BCUT2D eigenvalue weighted by Crippen LogP contribution is 2.28. The van der Waals surface area contributed by atoms with Gasteiger partial charge in [0.05, 0.1) is 11.1 Å². The summed E-state index contributed by atoms with van der Waals surface area (Å²) in [5, 5.41) is 0. The van der Waals surface area contributed by atoms with Crippen molar-refractivity contribution < 1.29 is 4.74 Å². The molecule has 0 saturated heterocycles. The summed E-state index contributed by atoms with van der Waals surface area (Å²) in [6, 6.07) is 12.1. The molecule has 1 heterocycles. The Kier molecular flexibility index (Phi) is 5.56. The van der Waals surface area contributed by atoms with Crippen LogP contribution in [0, 0.1) is 0 Å². The molecule has 2 N–H and O–H groups in total. The smallest absolute Gasteiger partial charge is 0.133 e. The molecular formula is C16H19BrN2O. The largest absolute Gasteiger partial charge is 0.493 e. The molecule has 0 spiro atoms. The molecule has 106 valence electrons. The lowest BCUT2D eigenvalue weighted by Crippen LogP contribution is -2.16. The second-order valence-corrected chi connectivity index (χ2v) is 5.44. The molecule has 1 atom stereocenters. The summed E-state index contributed by atoms with van der Waals surface area (Å²) in [5.74, 6) is 1.11. The lowest BCUT2D eigenvalue weighted by Gasteiger charge is -2.15. The highest BCUT2D eigenvalue weighted by molar-refractivity contribution is 9.10. The normalized spacial score (nSPS) is 12.2. The van der Waals surface area contributed by atoms with Gasteiger partial charge in [-0.1, -0.05) is 12.1 Å². The molecule has 2 aromatic rings. The fourth-order valence-electron chi connectivity index (χ4n) is 2.15. The van der Waals surface area contributed by atoms with Crippen LogP contribution < -0.4 is 10.5 Å². The van der Waals surface area contributed by atoms with Crippen molar-refractivity contribution in [1.82, 2.24) is 4.98 Å². The zero-order valence-corrected chi connectivity index (χ0v) is 13.1. The van der Waals surface area contributed by atoms with Crippen molar-refractivity contribution >= 4 is 15.9 Å². The van der Waals surface area contributed by atoms with Crippen molar-refractivity contribution in [3.8, 4) is 5.75 Å². The van der Waals surface area contributed by atoms with Crippen LogP contribution in [0.4, 0.5) is 0 Å². The average Bonchev–Trinajstić information content (AvgIpc) is 2.48. The van der Waals surface area contributed by atoms with E-state index in [4.69, 9.17) is 10.5 Å². The van der Waals surface area contributed by atoms with E-state index >= 15 is 0 Å². The zero-order valence-electron chi connectivity index (χ0n) is 11.6. The van der Waals surface area contributed by atoms with E-state index in [0.717, 1.165) is 22.3 Å². The summed E-state index contributed by atoms with van der Waals surface area (Å²) in [6.45, 7) is 3.23. The van der Waals surface area contributed by atoms with E-state index in [-0.39, 0.29) is 5.92 Å². The Hall–Kier alpha value is -1.39. The van der Waals surface area contributed by atoms with Gasteiger partial charge in [-0.25, -0.2) is 0 Å². The zero-order chi connectivity index (χ0) is 14.4. The first kappa shape index (κ1) is 15.0. The number of pyridine rings is 1. The van der Waals surface area contributed by atoms with Crippen LogP contribution in [-0.4, -0.2) is 18.1 Å². The number of benzene rings is 1. The van der Waals surface area contributed by atoms with Crippen molar-refractivity contribution in [2.75, 3.05) is 13.2 Å². The van der Waals surface area contributed by atoms with Gasteiger partial charge >= 0.3 is 0 Å². The van der Waals surface area contributed by atoms with Gasteiger partial charge in [0.25, 0.3) is 0 Å². The summed E-state index contributed by atoms with van der Waals surface area (Å²) in [5.41, 5.74) is 8.16. The maximum absolute atomic E-state index is 5.89. The van der Waals surface area contributed by atoms with Crippen molar-refractivity contribution in [3.05, 3.63) is 58.3 Å². The standard InChI is InChI=1S/C16H19BrN2O/c1-2-20-16-7-6-12(10-14(16)17)9-13(11-18)15-5-3-4-8-19-15/h3-8,10,13H,2,9,11,18H2,1H3. The monoisotopic (exact) mass is 334 g/mol. The van der Waals surface area contributed by atoms with E-state index < -0.39 is 0 Å². The maximum Gasteiger partial charge on any atom is 0.133 e. The van der Waals surface area contributed by atoms with Gasteiger partial charge in [0, 0.05) is 24.4 Å². The molecule has 2 rings (SSSR count). The molecule has 0 aliphatic carbocycles. The second-order valence-electron chi connectivity index (χ2n) is 4.59. The van der Waals surface area contributed by atoms with Gasteiger partial charge in [-0.15, -0.1) is 0 Å². The van der Waals surface area contributed by atoms with E-state index in [0.29, 0.717) is 13.2 Å². The molecule has 1 aromatic heterocycles. The molecule has 0 amide bonds. The molecule has 3 nitrogen and oxygen atoms in total. The Morgan fingerprint density at radius 1 is 1.30 bits per heavy atom. The van der Waals surface area contributed by atoms with Crippen molar-refractivity contribution in [2.24, 2.45) is 5.73 Å². The van der Waals surface area contributed by atoms with E-state index in [1.165, 1.54) is 5.56 Å². The Balaban J connectivity index is 2.14. The number of ether oxygens (including phenoxy) is 1. The molecule has 0 aliphatic heterocycles. The summed E-state index contributed by atoms with van der Waals surface area (Å²) < 4.78 is 6.50. The highest BCUT2D eigenvalue weighted by Gasteiger charge is 2.12. The van der Waals surface area contributed by atoms with Gasteiger partial charge in [0.2, 0.25) is 0 Å². The Morgan fingerprint density at radius 2 is 2.15 bits per heavy atom. The molecule has 1 unspecified atom stereocenters. The van der Waals surface area contributed by atoms with Crippen LogP contribution in [0.3, 0.4) is 0 Å². The molecule has 4 heteroatoms. The third-order valence-corrected chi connectivity index (χ3v) is 3.79. The van der Waals surface area contributed by atoms with E-state index in [9.17, 15) is 0 Å².